The van der Waals surface area contributed by atoms with E-state index >= 15 is 0 Å². The molecule has 0 radical (unpaired) electrons. The highest BCUT2D eigenvalue weighted by molar-refractivity contribution is 5.82. The summed E-state index contributed by atoms with van der Waals surface area (Å²) in [4.78, 5) is 6.79. The van der Waals surface area contributed by atoms with Crippen molar-refractivity contribution < 1.29 is 4.39 Å². The van der Waals surface area contributed by atoms with Crippen LogP contribution in [0, 0.1) is 5.82 Å². The Bertz CT molecular complexity index is 829. The topological polar surface area (TPSA) is 16.1 Å². The highest BCUT2D eigenvalue weighted by Gasteiger charge is 2.17. The number of benzene rings is 2. The van der Waals surface area contributed by atoms with E-state index in [1.165, 1.54) is 11.1 Å². The predicted octanol–water partition coefficient (Wildman–Crippen LogP) is 3.93. The molecule has 3 aromatic rings. The Morgan fingerprint density at radius 3 is 2.77 bits per heavy atom. The van der Waals surface area contributed by atoms with Gasteiger partial charge in [0.05, 0.1) is 5.52 Å². The molecule has 1 aliphatic heterocycles. The Kier molecular flexibility index (Phi) is 3.35. The summed E-state index contributed by atoms with van der Waals surface area (Å²) in [6.45, 7) is 2.78. The first kappa shape index (κ1) is 13.4. The van der Waals surface area contributed by atoms with Gasteiger partial charge in [-0.25, -0.2) is 4.39 Å². The number of hydrogen-bond donors (Lipinski definition) is 0. The van der Waals surface area contributed by atoms with Crippen molar-refractivity contribution in [2.24, 2.45) is 0 Å². The van der Waals surface area contributed by atoms with E-state index in [1.54, 1.807) is 24.4 Å². The van der Waals surface area contributed by atoms with Crippen LogP contribution >= 0.6 is 0 Å². The normalized spacial score (nSPS) is 15.0. The molecule has 0 bridgehead atoms. The number of fused-ring (bicyclic) bond motifs is 2. The van der Waals surface area contributed by atoms with Crippen molar-refractivity contribution in [3.63, 3.8) is 0 Å². The highest BCUT2D eigenvalue weighted by Crippen LogP contribution is 2.24. The average Bonchev–Trinajstić information content (AvgIpc) is 2.58. The zero-order valence-electron chi connectivity index (χ0n) is 12.3. The molecule has 3 heteroatoms. The molecule has 0 spiro atoms. The van der Waals surface area contributed by atoms with E-state index in [1.807, 2.05) is 6.07 Å². The van der Waals surface area contributed by atoms with Crippen LogP contribution in [0.5, 0.6) is 0 Å². The molecule has 110 valence electrons. The van der Waals surface area contributed by atoms with Gasteiger partial charge in [0.25, 0.3) is 0 Å². The quantitative estimate of drug-likeness (QED) is 0.711. The van der Waals surface area contributed by atoms with Crippen LogP contribution in [0.3, 0.4) is 0 Å². The second-order valence-corrected chi connectivity index (χ2v) is 5.84. The molecule has 0 unspecified atom stereocenters. The average molecular weight is 292 g/mol. The molecule has 22 heavy (non-hydrogen) atoms. The summed E-state index contributed by atoms with van der Waals surface area (Å²) in [5, 5.41) is 0.609. The van der Waals surface area contributed by atoms with Crippen molar-refractivity contribution >= 4 is 10.9 Å². The van der Waals surface area contributed by atoms with Gasteiger partial charge in [-0.3, -0.25) is 9.88 Å². The number of aromatic nitrogens is 1. The van der Waals surface area contributed by atoms with Crippen LogP contribution in [-0.4, -0.2) is 16.4 Å². The van der Waals surface area contributed by atoms with Gasteiger partial charge >= 0.3 is 0 Å². The number of hydrogen-bond acceptors (Lipinski definition) is 2. The van der Waals surface area contributed by atoms with Crippen LogP contribution < -0.4 is 0 Å². The second kappa shape index (κ2) is 5.50. The van der Waals surface area contributed by atoms with Crippen molar-refractivity contribution in [3.05, 3.63) is 77.2 Å². The molecule has 2 nitrogen and oxygen atoms in total. The molecular weight excluding hydrogens is 275 g/mol. The first-order valence-electron chi connectivity index (χ1n) is 7.62. The van der Waals surface area contributed by atoms with Gasteiger partial charge in [-0.2, -0.15) is 0 Å². The fourth-order valence-electron chi connectivity index (χ4n) is 3.25. The van der Waals surface area contributed by atoms with Gasteiger partial charge in [0, 0.05) is 31.2 Å². The molecule has 0 amide bonds. The minimum Gasteiger partial charge on any atom is -0.294 e. The second-order valence-electron chi connectivity index (χ2n) is 5.84. The summed E-state index contributed by atoms with van der Waals surface area (Å²) in [5.41, 5.74) is 4.71. The van der Waals surface area contributed by atoms with Crippen LogP contribution in [-0.2, 0) is 19.5 Å². The minimum absolute atomic E-state index is 0.198. The Labute approximate surface area is 129 Å². The first-order chi connectivity index (χ1) is 10.8. The summed E-state index contributed by atoms with van der Waals surface area (Å²) >= 11 is 0. The van der Waals surface area contributed by atoms with E-state index in [0.717, 1.165) is 37.1 Å². The van der Waals surface area contributed by atoms with E-state index in [4.69, 9.17) is 0 Å². The first-order valence-corrected chi connectivity index (χ1v) is 7.62. The summed E-state index contributed by atoms with van der Waals surface area (Å²) in [7, 11) is 0. The molecule has 0 fully saturated rings. The summed E-state index contributed by atoms with van der Waals surface area (Å²) < 4.78 is 13.9. The van der Waals surface area contributed by atoms with Crippen molar-refractivity contribution in [1.82, 2.24) is 9.88 Å². The maximum atomic E-state index is 13.9. The van der Waals surface area contributed by atoms with Gasteiger partial charge in [0.2, 0.25) is 0 Å². The van der Waals surface area contributed by atoms with Gasteiger partial charge in [-0.1, -0.05) is 30.3 Å². The molecule has 2 heterocycles. The predicted molar refractivity (Wildman–Crippen MR) is 86.0 cm³/mol. The monoisotopic (exact) mass is 292 g/mol. The van der Waals surface area contributed by atoms with E-state index in [9.17, 15) is 4.39 Å². The Balaban J connectivity index is 1.64. The standard InChI is InChI=1S/C19H17FN2/c20-18-8-7-16(19-17(18)6-3-10-21-19)13-22-11-9-14-4-1-2-5-15(14)12-22/h1-8,10H,9,11-13H2. The van der Waals surface area contributed by atoms with E-state index in [2.05, 4.69) is 34.1 Å². The molecule has 0 atom stereocenters. The highest BCUT2D eigenvalue weighted by atomic mass is 19.1. The molecule has 1 aliphatic rings. The zero-order valence-corrected chi connectivity index (χ0v) is 12.3. The van der Waals surface area contributed by atoms with Gasteiger partial charge in [-0.05, 0) is 41.3 Å². The summed E-state index contributed by atoms with van der Waals surface area (Å²) in [6, 6.07) is 15.6. The van der Waals surface area contributed by atoms with Crippen LogP contribution in [0.25, 0.3) is 10.9 Å². The lowest BCUT2D eigenvalue weighted by molar-refractivity contribution is 0.246. The third kappa shape index (κ3) is 2.38. The minimum atomic E-state index is -0.198. The van der Waals surface area contributed by atoms with Crippen LogP contribution in [0.15, 0.2) is 54.7 Å². The van der Waals surface area contributed by atoms with Crippen LogP contribution in [0.4, 0.5) is 4.39 Å². The van der Waals surface area contributed by atoms with Gasteiger partial charge < -0.3 is 0 Å². The van der Waals surface area contributed by atoms with Crippen molar-refractivity contribution in [2.75, 3.05) is 6.54 Å². The van der Waals surface area contributed by atoms with Gasteiger partial charge in [-0.15, -0.1) is 0 Å². The smallest absolute Gasteiger partial charge is 0.132 e. The van der Waals surface area contributed by atoms with Crippen LogP contribution in [0.1, 0.15) is 16.7 Å². The SMILES string of the molecule is Fc1ccc(CN2CCc3ccccc3C2)c2ncccc12. The van der Waals surface area contributed by atoms with Crippen molar-refractivity contribution in [3.8, 4) is 0 Å². The lowest BCUT2D eigenvalue weighted by Crippen LogP contribution is -2.30. The maximum Gasteiger partial charge on any atom is 0.132 e. The Morgan fingerprint density at radius 1 is 1.00 bits per heavy atom. The molecular formula is C19H17FN2. The Hall–Kier alpha value is -2.26. The molecule has 2 aromatic carbocycles. The van der Waals surface area contributed by atoms with Gasteiger partial charge in [0.1, 0.15) is 5.82 Å². The van der Waals surface area contributed by atoms with Crippen molar-refractivity contribution in [2.45, 2.75) is 19.5 Å². The number of rotatable bonds is 2. The molecule has 0 N–H and O–H groups in total. The molecule has 1 aromatic heterocycles. The molecule has 4 rings (SSSR count). The van der Waals surface area contributed by atoms with E-state index in [-0.39, 0.29) is 5.82 Å². The molecule has 0 saturated carbocycles. The van der Waals surface area contributed by atoms with E-state index < -0.39 is 0 Å². The summed E-state index contributed by atoms with van der Waals surface area (Å²) in [5.74, 6) is -0.198. The third-order valence-electron chi connectivity index (χ3n) is 4.40. The Morgan fingerprint density at radius 2 is 1.86 bits per heavy atom. The molecule has 0 aliphatic carbocycles. The lowest BCUT2D eigenvalue weighted by Gasteiger charge is -2.29. The maximum absolute atomic E-state index is 13.9. The largest absolute Gasteiger partial charge is 0.294 e. The van der Waals surface area contributed by atoms with E-state index in [0.29, 0.717) is 5.39 Å². The summed E-state index contributed by atoms with van der Waals surface area (Å²) in [6.07, 6.45) is 2.81. The third-order valence-corrected chi connectivity index (χ3v) is 4.40. The fourth-order valence-corrected chi connectivity index (χ4v) is 3.25. The lowest BCUT2D eigenvalue weighted by atomic mass is 9.99. The molecule has 0 saturated heterocycles. The van der Waals surface area contributed by atoms with Gasteiger partial charge in [0.15, 0.2) is 0 Å². The number of pyridine rings is 1. The number of halogens is 1. The fraction of sp³-hybridized carbons (Fsp3) is 0.211. The van der Waals surface area contributed by atoms with Crippen molar-refractivity contribution in [1.29, 1.82) is 0 Å². The zero-order chi connectivity index (χ0) is 14.9. The number of nitrogens with zero attached hydrogens (tertiary/aromatic N) is 2. The van der Waals surface area contributed by atoms with Crippen LogP contribution in [0.2, 0.25) is 0 Å².